The predicted octanol–water partition coefficient (Wildman–Crippen LogP) is 3.62. The fourth-order valence-electron chi connectivity index (χ4n) is 4.24. The van der Waals surface area contributed by atoms with E-state index in [1.165, 1.54) is 31.7 Å². The average Bonchev–Trinajstić information content (AvgIpc) is 3.31. The van der Waals surface area contributed by atoms with Crippen LogP contribution < -0.4 is 10.6 Å². The second-order valence-corrected chi connectivity index (χ2v) is 8.02. The summed E-state index contributed by atoms with van der Waals surface area (Å²) in [5, 5.41) is 7.01. The summed E-state index contributed by atoms with van der Waals surface area (Å²) in [5.41, 5.74) is 1.47. The maximum Gasteiger partial charge on any atom is 0.191 e. The number of aliphatic imine (C=N–C) groups is 1. The van der Waals surface area contributed by atoms with Crippen molar-refractivity contribution in [1.29, 1.82) is 0 Å². The molecule has 3 rings (SSSR count). The first-order valence-electron chi connectivity index (χ1n) is 9.81. The van der Waals surface area contributed by atoms with Crippen molar-refractivity contribution in [2.24, 2.45) is 10.4 Å². The number of ether oxygens (including phenoxy) is 1. The third-order valence-corrected chi connectivity index (χ3v) is 6.24. The van der Waals surface area contributed by atoms with E-state index in [2.05, 4.69) is 15.6 Å². The van der Waals surface area contributed by atoms with Crippen molar-refractivity contribution in [2.75, 3.05) is 33.9 Å². The molecule has 0 atom stereocenters. The first-order chi connectivity index (χ1) is 12.6. The third-order valence-electron chi connectivity index (χ3n) is 6.24. The molecule has 4 nitrogen and oxygen atoms in total. The Kier molecular flexibility index (Phi) is 6.17. The van der Waals surface area contributed by atoms with E-state index < -0.39 is 0 Å². The number of rotatable bonds is 8. The van der Waals surface area contributed by atoms with Gasteiger partial charge in [0.1, 0.15) is 5.82 Å². The van der Waals surface area contributed by atoms with Gasteiger partial charge in [-0.15, -0.1) is 0 Å². The van der Waals surface area contributed by atoms with Crippen LogP contribution in [0.2, 0.25) is 0 Å². The Balaban J connectivity index is 1.53. The summed E-state index contributed by atoms with van der Waals surface area (Å²) in [4.78, 5) is 4.39. The van der Waals surface area contributed by atoms with Crippen molar-refractivity contribution < 1.29 is 9.13 Å². The number of hydrogen-bond donors (Lipinski definition) is 2. The summed E-state index contributed by atoms with van der Waals surface area (Å²) in [6.07, 6.45) is 8.42. The third kappa shape index (κ3) is 4.56. The zero-order chi connectivity index (χ0) is 18.5. The van der Waals surface area contributed by atoms with Gasteiger partial charge in [0, 0.05) is 39.3 Å². The summed E-state index contributed by atoms with van der Waals surface area (Å²) in [7, 11) is 3.59. The Morgan fingerprint density at radius 2 is 1.88 bits per heavy atom. The summed E-state index contributed by atoms with van der Waals surface area (Å²) >= 11 is 0. The summed E-state index contributed by atoms with van der Waals surface area (Å²) < 4.78 is 18.9. The molecule has 1 aromatic rings. The van der Waals surface area contributed by atoms with Gasteiger partial charge in [0.05, 0.1) is 0 Å². The molecule has 2 fully saturated rings. The minimum Gasteiger partial charge on any atom is -0.385 e. The van der Waals surface area contributed by atoms with Crippen LogP contribution in [0.25, 0.3) is 0 Å². The molecule has 5 heteroatoms. The molecule has 0 radical (unpaired) electrons. The number of nitrogens with zero attached hydrogens (tertiary/aromatic N) is 1. The van der Waals surface area contributed by atoms with Crippen molar-refractivity contribution in [2.45, 2.75) is 50.4 Å². The summed E-state index contributed by atoms with van der Waals surface area (Å²) in [6, 6.07) is 7.02. The SMILES string of the molecule is CN=C(NCC1(CCOC)CCCC1)NCC1(c2cccc(F)c2)CC1. The van der Waals surface area contributed by atoms with Crippen LogP contribution in [0, 0.1) is 11.2 Å². The zero-order valence-electron chi connectivity index (χ0n) is 16.1. The number of guanidine groups is 1. The van der Waals surface area contributed by atoms with Gasteiger partial charge in [-0.25, -0.2) is 4.39 Å². The highest BCUT2D eigenvalue weighted by Gasteiger charge is 2.44. The van der Waals surface area contributed by atoms with E-state index in [1.807, 2.05) is 13.1 Å². The summed E-state index contributed by atoms with van der Waals surface area (Å²) in [6.45, 7) is 2.54. The van der Waals surface area contributed by atoms with Gasteiger partial charge in [-0.05, 0) is 55.2 Å². The molecule has 2 aliphatic rings. The quantitative estimate of drug-likeness (QED) is 0.549. The van der Waals surface area contributed by atoms with E-state index in [1.54, 1.807) is 19.2 Å². The van der Waals surface area contributed by atoms with E-state index in [4.69, 9.17) is 4.74 Å². The second kappa shape index (κ2) is 8.38. The number of benzene rings is 1. The first-order valence-corrected chi connectivity index (χ1v) is 9.81. The lowest BCUT2D eigenvalue weighted by molar-refractivity contribution is 0.138. The highest BCUT2D eigenvalue weighted by molar-refractivity contribution is 5.79. The highest BCUT2D eigenvalue weighted by atomic mass is 19.1. The van der Waals surface area contributed by atoms with Crippen LogP contribution in [0.1, 0.15) is 50.5 Å². The van der Waals surface area contributed by atoms with Crippen LogP contribution in [0.5, 0.6) is 0 Å². The second-order valence-electron chi connectivity index (χ2n) is 8.02. The lowest BCUT2D eigenvalue weighted by atomic mass is 9.83. The average molecular weight is 362 g/mol. The molecular formula is C21H32FN3O. The number of nitrogens with one attached hydrogen (secondary N) is 2. The van der Waals surface area contributed by atoms with Crippen molar-refractivity contribution in [3.8, 4) is 0 Å². The highest BCUT2D eigenvalue weighted by Crippen LogP contribution is 2.47. The Labute approximate surface area is 156 Å². The molecular weight excluding hydrogens is 329 g/mol. The first kappa shape index (κ1) is 19.2. The van der Waals surface area contributed by atoms with Gasteiger partial charge < -0.3 is 15.4 Å². The molecule has 0 aromatic heterocycles. The van der Waals surface area contributed by atoms with Crippen molar-refractivity contribution in [3.05, 3.63) is 35.6 Å². The minimum absolute atomic E-state index is 0.0564. The van der Waals surface area contributed by atoms with Crippen LogP contribution in [0.15, 0.2) is 29.3 Å². The molecule has 0 saturated heterocycles. The van der Waals surface area contributed by atoms with Gasteiger partial charge in [-0.3, -0.25) is 4.99 Å². The lowest BCUT2D eigenvalue weighted by Gasteiger charge is -2.30. The van der Waals surface area contributed by atoms with Gasteiger partial charge in [-0.1, -0.05) is 25.0 Å². The number of methoxy groups -OCH3 is 1. The fourth-order valence-corrected chi connectivity index (χ4v) is 4.24. The largest absolute Gasteiger partial charge is 0.385 e. The Morgan fingerprint density at radius 3 is 2.50 bits per heavy atom. The van der Waals surface area contributed by atoms with E-state index in [0.717, 1.165) is 50.5 Å². The van der Waals surface area contributed by atoms with Gasteiger partial charge in [0.2, 0.25) is 0 Å². The molecule has 0 spiro atoms. The van der Waals surface area contributed by atoms with Crippen molar-refractivity contribution in [3.63, 3.8) is 0 Å². The van der Waals surface area contributed by atoms with Crippen LogP contribution in [0.4, 0.5) is 4.39 Å². The summed E-state index contributed by atoms with van der Waals surface area (Å²) in [5.74, 6) is 0.689. The number of hydrogen-bond acceptors (Lipinski definition) is 2. The molecule has 0 bridgehead atoms. The van der Waals surface area contributed by atoms with Gasteiger partial charge in [0.25, 0.3) is 0 Å². The van der Waals surface area contributed by atoms with Gasteiger partial charge >= 0.3 is 0 Å². The molecule has 1 aromatic carbocycles. The van der Waals surface area contributed by atoms with Crippen LogP contribution in [-0.2, 0) is 10.2 Å². The van der Waals surface area contributed by atoms with Crippen LogP contribution >= 0.6 is 0 Å². The Morgan fingerprint density at radius 1 is 1.15 bits per heavy atom. The molecule has 144 valence electrons. The van der Waals surface area contributed by atoms with Crippen LogP contribution in [-0.4, -0.2) is 39.8 Å². The molecule has 2 aliphatic carbocycles. The maximum atomic E-state index is 13.6. The predicted molar refractivity (Wildman–Crippen MR) is 104 cm³/mol. The molecule has 0 heterocycles. The Hall–Kier alpha value is -1.62. The smallest absolute Gasteiger partial charge is 0.191 e. The normalized spacial score (nSPS) is 20.8. The minimum atomic E-state index is -0.155. The zero-order valence-corrected chi connectivity index (χ0v) is 16.1. The van der Waals surface area contributed by atoms with E-state index in [9.17, 15) is 4.39 Å². The maximum absolute atomic E-state index is 13.6. The Bertz CT molecular complexity index is 621. The van der Waals surface area contributed by atoms with Gasteiger partial charge in [-0.2, -0.15) is 0 Å². The molecule has 0 aliphatic heterocycles. The standard InChI is InChI=1S/C21H32FN3O/c1-23-19(24-15-20(12-13-26-2)8-3-4-9-20)25-16-21(10-11-21)17-6-5-7-18(22)14-17/h5-7,14H,3-4,8-13,15-16H2,1-2H3,(H2,23,24,25). The molecule has 2 N–H and O–H groups in total. The van der Waals surface area contributed by atoms with Crippen molar-refractivity contribution >= 4 is 5.96 Å². The van der Waals surface area contributed by atoms with Gasteiger partial charge in [0.15, 0.2) is 5.96 Å². The molecule has 0 unspecified atom stereocenters. The number of halogens is 1. The van der Waals surface area contributed by atoms with Crippen molar-refractivity contribution in [1.82, 2.24) is 10.6 Å². The van der Waals surface area contributed by atoms with E-state index >= 15 is 0 Å². The van der Waals surface area contributed by atoms with E-state index in [-0.39, 0.29) is 11.2 Å². The lowest BCUT2D eigenvalue weighted by Crippen LogP contribution is -2.45. The van der Waals surface area contributed by atoms with E-state index in [0.29, 0.717) is 5.41 Å². The molecule has 26 heavy (non-hydrogen) atoms. The molecule has 0 amide bonds. The topological polar surface area (TPSA) is 45.7 Å². The molecule has 2 saturated carbocycles. The fraction of sp³-hybridized carbons (Fsp3) is 0.667. The monoisotopic (exact) mass is 361 g/mol. The van der Waals surface area contributed by atoms with Crippen LogP contribution in [0.3, 0.4) is 0 Å².